The molecule has 0 atom stereocenters. The Hall–Kier alpha value is -1.45. The van der Waals surface area contributed by atoms with Crippen LogP contribution in [0.2, 0.25) is 5.02 Å². The van der Waals surface area contributed by atoms with E-state index in [1.54, 1.807) is 6.20 Å². The predicted octanol–water partition coefficient (Wildman–Crippen LogP) is 2.22. The zero-order valence-corrected chi connectivity index (χ0v) is 10.2. The fourth-order valence-electron chi connectivity index (χ4n) is 1.60. The quantitative estimate of drug-likeness (QED) is 0.901. The Labute approximate surface area is 106 Å². The van der Waals surface area contributed by atoms with Gasteiger partial charge in [-0.15, -0.1) is 0 Å². The molecular formula is C13H14ClN3. The Morgan fingerprint density at radius 3 is 2.59 bits per heavy atom. The third-order valence-corrected chi connectivity index (χ3v) is 2.69. The summed E-state index contributed by atoms with van der Waals surface area (Å²) in [6.07, 6.45) is 3.29. The molecule has 0 aliphatic rings. The maximum Gasteiger partial charge on any atom is 0.132 e. The molecule has 0 unspecified atom stereocenters. The molecule has 2 aromatic rings. The average Bonchev–Trinajstić information content (AvgIpc) is 2.33. The molecule has 3 nitrogen and oxygen atoms in total. The number of halogens is 1. The monoisotopic (exact) mass is 247 g/mol. The molecule has 0 aliphatic heterocycles. The summed E-state index contributed by atoms with van der Waals surface area (Å²) in [4.78, 5) is 8.71. The minimum absolute atomic E-state index is 0.609. The molecule has 88 valence electrons. The van der Waals surface area contributed by atoms with Crippen molar-refractivity contribution < 1.29 is 0 Å². The first-order chi connectivity index (χ1) is 8.28. The molecule has 2 N–H and O–H groups in total. The van der Waals surface area contributed by atoms with Crippen molar-refractivity contribution in [3.05, 3.63) is 58.6 Å². The standard InChI is InChI=1S/C13H14ClN3/c14-11-3-1-10(2-4-11)9-13-16-8-6-12(17-13)5-7-15/h1-4,6,8H,5,7,9,15H2. The van der Waals surface area contributed by atoms with Crippen molar-refractivity contribution in [1.82, 2.24) is 9.97 Å². The van der Waals surface area contributed by atoms with Gasteiger partial charge in [-0.1, -0.05) is 23.7 Å². The molecular weight excluding hydrogens is 234 g/mol. The average molecular weight is 248 g/mol. The smallest absolute Gasteiger partial charge is 0.132 e. The van der Waals surface area contributed by atoms with Crippen LogP contribution in [0.1, 0.15) is 17.1 Å². The highest BCUT2D eigenvalue weighted by Gasteiger charge is 2.01. The van der Waals surface area contributed by atoms with Gasteiger partial charge in [-0.05, 0) is 30.3 Å². The molecule has 1 aromatic heterocycles. The maximum absolute atomic E-state index is 5.84. The van der Waals surface area contributed by atoms with E-state index >= 15 is 0 Å². The molecule has 0 aliphatic carbocycles. The Morgan fingerprint density at radius 1 is 1.12 bits per heavy atom. The van der Waals surface area contributed by atoms with Gasteiger partial charge in [0.2, 0.25) is 0 Å². The first-order valence-corrected chi connectivity index (χ1v) is 5.91. The van der Waals surface area contributed by atoms with Crippen molar-refractivity contribution in [1.29, 1.82) is 0 Å². The van der Waals surface area contributed by atoms with Gasteiger partial charge in [-0.2, -0.15) is 0 Å². The Bertz CT molecular complexity index is 482. The summed E-state index contributed by atoms with van der Waals surface area (Å²) in [7, 11) is 0. The number of benzene rings is 1. The highest BCUT2D eigenvalue weighted by Crippen LogP contribution is 2.11. The van der Waals surface area contributed by atoms with Gasteiger partial charge in [-0.25, -0.2) is 9.97 Å². The van der Waals surface area contributed by atoms with Gasteiger partial charge < -0.3 is 5.73 Å². The van der Waals surface area contributed by atoms with Crippen LogP contribution in [0, 0.1) is 0 Å². The lowest BCUT2D eigenvalue weighted by Crippen LogP contribution is -2.06. The number of hydrogen-bond acceptors (Lipinski definition) is 3. The van der Waals surface area contributed by atoms with Crippen LogP contribution in [0.25, 0.3) is 0 Å². The van der Waals surface area contributed by atoms with Crippen molar-refractivity contribution in [2.24, 2.45) is 5.73 Å². The van der Waals surface area contributed by atoms with E-state index in [0.29, 0.717) is 6.54 Å². The van der Waals surface area contributed by atoms with Crippen LogP contribution < -0.4 is 5.73 Å². The van der Waals surface area contributed by atoms with Crippen molar-refractivity contribution >= 4 is 11.6 Å². The van der Waals surface area contributed by atoms with E-state index in [-0.39, 0.29) is 0 Å². The largest absolute Gasteiger partial charge is 0.330 e. The van der Waals surface area contributed by atoms with E-state index in [1.807, 2.05) is 30.3 Å². The summed E-state index contributed by atoms with van der Waals surface area (Å²) >= 11 is 5.84. The summed E-state index contributed by atoms with van der Waals surface area (Å²) in [5, 5.41) is 0.742. The van der Waals surface area contributed by atoms with Crippen molar-refractivity contribution in [2.75, 3.05) is 6.54 Å². The van der Waals surface area contributed by atoms with Gasteiger partial charge in [0, 0.05) is 29.8 Å². The van der Waals surface area contributed by atoms with Crippen LogP contribution in [0.3, 0.4) is 0 Å². The van der Waals surface area contributed by atoms with E-state index in [9.17, 15) is 0 Å². The first-order valence-electron chi connectivity index (χ1n) is 5.53. The summed E-state index contributed by atoms with van der Waals surface area (Å²) < 4.78 is 0. The van der Waals surface area contributed by atoms with Crippen LogP contribution in [0.5, 0.6) is 0 Å². The third kappa shape index (κ3) is 3.51. The summed E-state index contributed by atoms with van der Waals surface area (Å²) in [5.41, 5.74) is 7.65. The lowest BCUT2D eigenvalue weighted by Gasteiger charge is -2.03. The minimum Gasteiger partial charge on any atom is -0.330 e. The second-order valence-electron chi connectivity index (χ2n) is 3.81. The number of nitrogens with zero attached hydrogens (tertiary/aromatic N) is 2. The van der Waals surface area contributed by atoms with Gasteiger partial charge in [0.05, 0.1) is 0 Å². The molecule has 0 amide bonds. The summed E-state index contributed by atoms with van der Waals surface area (Å²) in [6.45, 7) is 0.609. The molecule has 0 saturated carbocycles. The van der Waals surface area contributed by atoms with Crippen LogP contribution in [-0.2, 0) is 12.8 Å². The fourth-order valence-corrected chi connectivity index (χ4v) is 1.72. The number of rotatable bonds is 4. The number of nitrogens with two attached hydrogens (primary N) is 1. The highest BCUT2D eigenvalue weighted by atomic mass is 35.5. The SMILES string of the molecule is NCCc1ccnc(Cc2ccc(Cl)cc2)n1. The number of hydrogen-bond donors (Lipinski definition) is 1. The third-order valence-electron chi connectivity index (χ3n) is 2.44. The first kappa shape index (κ1) is 12.0. The summed E-state index contributed by atoms with van der Waals surface area (Å²) in [5.74, 6) is 0.818. The van der Waals surface area contributed by atoms with Gasteiger partial charge in [-0.3, -0.25) is 0 Å². The van der Waals surface area contributed by atoms with Gasteiger partial charge in [0.25, 0.3) is 0 Å². The Morgan fingerprint density at radius 2 is 1.88 bits per heavy atom. The van der Waals surface area contributed by atoms with Crippen LogP contribution in [0.15, 0.2) is 36.5 Å². The summed E-state index contributed by atoms with van der Waals surface area (Å²) in [6, 6.07) is 9.63. The Balaban J connectivity index is 2.12. The predicted molar refractivity (Wildman–Crippen MR) is 69.0 cm³/mol. The van der Waals surface area contributed by atoms with Gasteiger partial charge in [0.15, 0.2) is 0 Å². The van der Waals surface area contributed by atoms with E-state index in [1.165, 1.54) is 0 Å². The molecule has 0 fully saturated rings. The molecule has 2 rings (SSSR count). The minimum atomic E-state index is 0.609. The van der Waals surface area contributed by atoms with E-state index in [0.717, 1.165) is 34.9 Å². The van der Waals surface area contributed by atoms with Crippen LogP contribution in [0.4, 0.5) is 0 Å². The van der Waals surface area contributed by atoms with Crippen molar-refractivity contribution in [2.45, 2.75) is 12.8 Å². The maximum atomic E-state index is 5.84. The van der Waals surface area contributed by atoms with Crippen LogP contribution >= 0.6 is 11.6 Å². The van der Waals surface area contributed by atoms with E-state index in [2.05, 4.69) is 9.97 Å². The van der Waals surface area contributed by atoms with Gasteiger partial charge >= 0.3 is 0 Å². The molecule has 0 spiro atoms. The highest BCUT2D eigenvalue weighted by molar-refractivity contribution is 6.30. The van der Waals surface area contributed by atoms with E-state index in [4.69, 9.17) is 17.3 Å². The normalized spacial score (nSPS) is 10.5. The lowest BCUT2D eigenvalue weighted by atomic mass is 10.1. The number of aromatic nitrogens is 2. The molecule has 17 heavy (non-hydrogen) atoms. The molecule has 1 heterocycles. The topological polar surface area (TPSA) is 51.8 Å². The molecule has 0 radical (unpaired) electrons. The van der Waals surface area contributed by atoms with Crippen molar-refractivity contribution in [3.63, 3.8) is 0 Å². The molecule has 0 bridgehead atoms. The molecule has 4 heteroatoms. The Kier molecular flexibility index (Phi) is 4.07. The van der Waals surface area contributed by atoms with E-state index < -0.39 is 0 Å². The molecule has 1 aromatic carbocycles. The molecule has 0 saturated heterocycles. The fraction of sp³-hybridized carbons (Fsp3) is 0.231. The van der Waals surface area contributed by atoms with Gasteiger partial charge in [0.1, 0.15) is 5.82 Å². The zero-order chi connectivity index (χ0) is 12.1. The lowest BCUT2D eigenvalue weighted by molar-refractivity contribution is 0.866. The second-order valence-corrected chi connectivity index (χ2v) is 4.24. The second kappa shape index (κ2) is 5.75. The van der Waals surface area contributed by atoms with Crippen LogP contribution in [-0.4, -0.2) is 16.5 Å². The zero-order valence-electron chi connectivity index (χ0n) is 9.44. The van der Waals surface area contributed by atoms with Crippen molar-refractivity contribution in [3.8, 4) is 0 Å².